The molecular formula is C38H44FN5O3. The van der Waals surface area contributed by atoms with Gasteiger partial charge < -0.3 is 15.0 Å². The van der Waals surface area contributed by atoms with Gasteiger partial charge in [-0.15, -0.1) is 0 Å². The molecule has 1 aliphatic carbocycles. The second kappa shape index (κ2) is 13.3. The van der Waals surface area contributed by atoms with Gasteiger partial charge in [-0.3, -0.25) is 9.59 Å². The van der Waals surface area contributed by atoms with Gasteiger partial charge in [-0.2, -0.15) is 5.10 Å². The molecule has 8 nitrogen and oxygen atoms in total. The number of amides is 1. The molecular weight excluding hydrogens is 593 g/mol. The summed E-state index contributed by atoms with van der Waals surface area (Å²) in [6.07, 6.45) is 5.66. The van der Waals surface area contributed by atoms with Crippen molar-refractivity contribution in [2.24, 2.45) is 11.3 Å². The predicted octanol–water partition coefficient (Wildman–Crippen LogP) is 7.22. The van der Waals surface area contributed by atoms with Crippen molar-refractivity contribution in [2.45, 2.75) is 66.2 Å². The summed E-state index contributed by atoms with van der Waals surface area (Å²) in [7, 11) is 0. The highest BCUT2D eigenvalue weighted by Gasteiger charge is 2.42. The molecule has 2 aromatic carbocycles. The number of allylic oxidation sites excluding steroid dienone is 2. The van der Waals surface area contributed by atoms with Crippen LogP contribution in [0.4, 0.5) is 10.1 Å². The van der Waals surface area contributed by atoms with Gasteiger partial charge in [0.2, 0.25) is 0 Å². The number of hydrogen-bond donors (Lipinski definition) is 1. The van der Waals surface area contributed by atoms with Gasteiger partial charge in [0.1, 0.15) is 11.5 Å². The largest absolute Gasteiger partial charge is 0.466 e. The Morgan fingerprint density at radius 3 is 2.62 bits per heavy atom. The number of nitrogens with zero attached hydrogens (tertiary/aromatic N) is 4. The Balaban J connectivity index is 1.19. The van der Waals surface area contributed by atoms with Crippen LogP contribution in [-0.2, 0) is 16.0 Å². The first kappa shape index (κ1) is 32.4. The molecule has 246 valence electrons. The topological polar surface area (TPSA) is 88.8 Å². The molecule has 47 heavy (non-hydrogen) atoms. The molecule has 2 fully saturated rings. The van der Waals surface area contributed by atoms with E-state index in [1.54, 1.807) is 22.7 Å². The van der Waals surface area contributed by atoms with E-state index in [1.807, 2.05) is 52.0 Å². The first-order valence-corrected chi connectivity index (χ1v) is 16.7. The van der Waals surface area contributed by atoms with Gasteiger partial charge in [0.05, 0.1) is 17.7 Å². The van der Waals surface area contributed by atoms with E-state index >= 15 is 4.39 Å². The van der Waals surface area contributed by atoms with Crippen LogP contribution in [0.1, 0.15) is 87.1 Å². The molecule has 0 spiro atoms. The number of hydrogen-bond acceptors (Lipinski definition) is 6. The maximum atomic E-state index is 15.7. The smallest absolute Gasteiger partial charge is 0.311 e. The average Bonchev–Trinajstić information content (AvgIpc) is 3.61. The van der Waals surface area contributed by atoms with Crippen molar-refractivity contribution >= 4 is 28.8 Å². The third-order valence-corrected chi connectivity index (χ3v) is 9.84. The summed E-state index contributed by atoms with van der Waals surface area (Å²) in [5.74, 6) is -0.397. The summed E-state index contributed by atoms with van der Waals surface area (Å²) in [5.41, 5.74) is 6.38. The Morgan fingerprint density at radius 2 is 1.89 bits per heavy atom. The number of nitrogens with one attached hydrogen (secondary N) is 1. The lowest BCUT2D eigenvalue weighted by Crippen LogP contribution is -2.36. The summed E-state index contributed by atoms with van der Waals surface area (Å²) in [5, 5.41) is 7.81. The minimum Gasteiger partial charge on any atom is -0.466 e. The number of halogens is 1. The first-order valence-electron chi connectivity index (χ1n) is 16.7. The number of aromatic nitrogens is 3. The molecule has 0 radical (unpaired) electrons. The third-order valence-electron chi connectivity index (χ3n) is 9.84. The van der Waals surface area contributed by atoms with Gasteiger partial charge in [-0.1, -0.05) is 30.3 Å². The fraction of sp³-hybridized carbons (Fsp3) is 0.421. The van der Waals surface area contributed by atoms with Gasteiger partial charge in [0.15, 0.2) is 5.65 Å². The summed E-state index contributed by atoms with van der Waals surface area (Å²) >= 11 is 0. The van der Waals surface area contributed by atoms with E-state index in [0.717, 1.165) is 37.2 Å². The molecule has 2 aliphatic rings. The quantitative estimate of drug-likeness (QED) is 0.175. The molecule has 2 aromatic heterocycles. The molecule has 1 aliphatic heterocycles. The molecule has 1 saturated carbocycles. The Kier molecular flexibility index (Phi) is 9.17. The Morgan fingerprint density at radius 1 is 1.11 bits per heavy atom. The highest BCUT2D eigenvalue weighted by atomic mass is 19.1. The van der Waals surface area contributed by atoms with Crippen LogP contribution in [-0.4, -0.2) is 52.7 Å². The molecule has 6 rings (SSSR count). The molecule has 0 unspecified atom stereocenters. The van der Waals surface area contributed by atoms with E-state index in [-0.39, 0.29) is 23.6 Å². The van der Waals surface area contributed by atoms with Crippen LogP contribution in [0.2, 0.25) is 0 Å². The Hall–Kier alpha value is -4.53. The van der Waals surface area contributed by atoms with Crippen molar-refractivity contribution in [3.05, 3.63) is 89.0 Å². The van der Waals surface area contributed by atoms with E-state index in [1.165, 1.54) is 16.7 Å². The summed E-state index contributed by atoms with van der Waals surface area (Å²) in [6.45, 7) is 12.0. The number of fused-ring (bicyclic) bond motifs is 1. The molecule has 9 heteroatoms. The predicted molar refractivity (Wildman–Crippen MR) is 183 cm³/mol. The minimum atomic E-state index is -0.613. The van der Waals surface area contributed by atoms with Crippen LogP contribution in [0, 0.1) is 17.2 Å². The second-order valence-electron chi connectivity index (χ2n) is 13.3. The van der Waals surface area contributed by atoms with Gasteiger partial charge >= 0.3 is 5.97 Å². The average molecular weight is 638 g/mol. The third kappa shape index (κ3) is 6.66. The van der Waals surface area contributed by atoms with Crippen LogP contribution in [0.5, 0.6) is 0 Å². The normalized spacial score (nSPS) is 16.9. The maximum Gasteiger partial charge on any atom is 0.311 e. The van der Waals surface area contributed by atoms with Gasteiger partial charge in [-0.25, -0.2) is 13.9 Å². The molecule has 1 atom stereocenters. The number of benzene rings is 2. The van der Waals surface area contributed by atoms with Crippen molar-refractivity contribution < 1.29 is 18.7 Å². The van der Waals surface area contributed by atoms with Crippen LogP contribution < -0.4 is 10.2 Å². The highest BCUT2D eigenvalue weighted by molar-refractivity contribution is 5.93. The lowest BCUT2D eigenvalue weighted by molar-refractivity contribution is -0.156. The molecule has 1 amide bonds. The van der Waals surface area contributed by atoms with Gasteiger partial charge in [0.25, 0.3) is 5.91 Å². The minimum absolute atomic E-state index is 0.110. The fourth-order valence-corrected chi connectivity index (χ4v) is 6.57. The number of rotatable bonds is 11. The molecule has 0 bridgehead atoms. The SMILES string of the molecule is C/C=C(/C)c1ccccc1CCNC(=O)c1cc(C2CC2)n2nc(-c3ccc(N4CC[C@H](C(C)(C)C(=O)OCC)C4)cc3F)cc2n1. The highest BCUT2D eigenvalue weighted by Crippen LogP contribution is 2.41. The Labute approximate surface area is 276 Å². The number of carbonyl (C=O) groups is 2. The molecule has 3 heterocycles. The summed E-state index contributed by atoms with van der Waals surface area (Å²) in [6, 6.07) is 17.0. The maximum absolute atomic E-state index is 15.7. The van der Waals surface area contributed by atoms with Crippen LogP contribution in [0.25, 0.3) is 22.5 Å². The summed E-state index contributed by atoms with van der Waals surface area (Å²) in [4.78, 5) is 32.6. The number of carbonyl (C=O) groups excluding carboxylic acids is 2. The van der Waals surface area contributed by atoms with Crippen molar-refractivity contribution in [3.8, 4) is 11.3 Å². The number of anilines is 1. The van der Waals surface area contributed by atoms with Crippen molar-refractivity contribution in [1.82, 2.24) is 19.9 Å². The number of esters is 1. The fourth-order valence-electron chi connectivity index (χ4n) is 6.57. The molecule has 1 saturated heterocycles. The van der Waals surface area contributed by atoms with Crippen molar-refractivity contribution in [3.63, 3.8) is 0 Å². The second-order valence-corrected chi connectivity index (χ2v) is 13.3. The van der Waals surface area contributed by atoms with Crippen molar-refractivity contribution in [1.29, 1.82) is 0 Å². The zero-order valence-electron chi connectivity index (χ0n) is 28.0. The van der Waals surface area contributed by atoms with Crippen molar-refractivity contribution in [2.75, 3.05) is 31.1 Å². The molecule has 1 N–H and O–H groups in total. The van der Waals surface area contributed by atoms with Crippen LogP contribution in [0.3, 0.4) is 0 Å². The van der Waals surface area contributed by atoms with E-state index in [2.05, 4.69) is 40.3 Å². The van der Waals surface area contributed by atoms with Gasteiger partial charge in [-0.05, 0) is 107 Å². The van der Waals surface area contributed by atoms with Crippen LogP contribution >= 0.6 is 0 Å². The lowest BCUT2D eigenvalue weighted by atomic mass is 9.78. The monoisotopic (exact) mass is 637 g/mol. The van der Waals surface area contributed by atoms with E-state index in [9.17, 15) is 9.59 Å². The van der Waals surface area contributed by atoms with Gasteiger partial charge in [0, 0.05) is 48.6 Å². The summed E-state index contributed by atoms with van der Waals surface area (Å²) < 4.78 is 22.8. The van der Waals surface area contributed by atoms with E-state index in [4.69, 9.17) is 9.84 Å². The Bertz CT molecular complexity index is 1840. The zero-order valence-corrected chi connectivity index (χ0v) is 28.0. The van der Waals surface area contributed by atoms with E-state index < -0.39 is 5.41 Å². The van der Waals surface area contributed by atoms with E-state index in [0.29, 0.717) is 54.6 Å². The standard InChI is InChI=1S/C38H44FN5O3/c1-6-24(3)29-11-9-8-10-25(29)16-18-40-36(45)33-21-34(26-12-13-26)44-35(41-33)22-32(42-44)30-15-14-28(20-31(30)39)43-19-17-27(23-43)38(4,5)37(46)47-7-2/h6,8-11,14-15,20-22,26-27H,7,12-13,16-19,23H2,1-5H3,(H,40,45)/b24-6-/t27-/m0/s1. The first-order chi connectivity index (χ1) is 22.6. The number of ether oxygens (including phenoxy) is 1. The zero-order chi connectivity index (χ0) is 33.3. The molecule has 4 aromatic rings. The van der Waals surface area contributed by atoms with Crippen LogP contribution in [0.15, 0.2) is 60.7 Å². The lowest BCUT2D eigenvalue weighted by Gasteiger charge is -2.29.